The van der Waals surface area contributed by atoms with Crippen LogP contribution in [0.4, 0.5) is 5.69 Å². The number of hydrogen-bond acceptors (Lipinski definition) is 5. The van der Waals surface area contributed by atoms with E-state index in [-0.39, 0.29) is 11.3 Å². The van der Waals surface area contributed by atoms with Crippen molar-refractivity contribution in [1.29, 1.82) is 0 Å². The number of esters is 1. The number of methoxy groups -OCH3 is 1. The topological polar surface area (TPSA) is 93.1 Å². The molecule has 0 unspecified atom stereocenters. The third-order valence-corrected chi connectivity index (χ3v) is 3.42. The predicted octanol–water partition coefficient (Wildman–Crippen LogP) is 1.37. The van der Waals surface area contributed by atoms with E-state index >= 15 is 0 Å². The van der Waals surface area contributed by atoms with Crippen molar-refractivity contribution in [3.05, 3.63) is 23.3 Å². The van der Waals surface area contributed by atoms with Gasteiger partial charge in [-0.2, -0.15) is 0 Å². The summed E-state index contributed by atoms with van der Waals surface area (Å²) in [6.45, 7) is 4.33. The minimum atomic E-state index is -1.18. The Morgan fingerprint density at radius 1 is 1.36 bits per heavy atom. The lowest BCUT2D eigenvalue weighted by Crippen LogP contribution is -2.54. The van der Waals surface area contributed by atoms with E-state index in [1.807, 2.05) is 0 Å². The number of fused-ring (bicyclic) bond motifs is 1. The summed E-state index contributed by atoms with van der Waals surface area (Å²) in [7, 11) is 1.25. The molecule has 1 aliphatic heterocycles. The van der Waals surface area contributed by atoms with Crippen LogP contribution in [-0.4, -0.2) is 42.2 Å². The summed E-state index contributed by atoms with van der Waals surface area (Å²) in [5.41, 5.74) is -0.0571. The van der Waals surface area contributed by atoms with Gasteiger partial charge in [-0.15, -0.1) is 0 Å². The highest BCUT2D eigenvalue weighted by molar-refractivity contribution is 6.06. The van der Waals surface area contributed by atoms with Gasteiger partial charge in [-0.3, -0.25) is 14.5 Å². The molecule has 0 fully saturated rings. The van der Waals surface area contributed by atoms with Gasteiger partial charge in [-0.05, 0) is 38.5 Å². The number of aryl methyl sites for hydroxylation is 1. The Kier molecular flexibility index (Phi) is 3.83. The maximum Gasteiger partial charge on any atom is 0.338 e. The minimum absolute atomic E-state index is 0.248. The maximum atomic E-state index is 12.4. The van der Waals surface area contributed by atoms with Crippen LogP contribution in [0.25, 0.3) is 0 Å². The summed E-state index contributed by atoms with van der Waals surface area (Å²) < 4.78 is 10.3. The first-order chi connectivity index (χ1) is 10.2. The van der Waals surface area contributed by atoms with Crippen LogP contribution in [-0.2, 0) is 14.3 Å². The highest BCUT2D eigenvalue weighted by atomic mass is 16.5. The van der Waals surface area contributed by atoms with Crippen molar-refractivity contribution in [2.75, 3.05) is 18.6 Å². The number of carbonyl (C=O) groups is 3. The van der Waals surface area contributed by atoms with Gasteiger partial charge in [0.05, 0.1) is 18.4 Å². The predicted molar refractivity (Wildman–Crippen MR) is 77.2 cm³/mol. The van der Waals surface area contributed by atoms with E-state index in [0.717, 1.165) is 4.90 Å². The number of aliphatic carboxylic acids is 1. The van der Waals surface area contributed by atoms with Crippen molar-refractivity contribution in [1.82, 2.24) is 0 Å². The number of rotatable bonds is 3. The zero-order valence-electron chi connectivity index (χ0n) is 12.8. The van der Waals surface area contributed by atoms with Gasteiger partial charge in [-0.25, -0.2) is 4.79 Å². The van der Waals surface area contributed by atoms with Crippen LogP contribution in [0.1, 0.15) is 29.8 Å². The molecule has 0 bridgehead atoms. The lowest BCUT2D eigenvalue weighted by Gasteiger charge is -2.38. The molecule has 1 N–H and O–H groups in total. The van der Waals surface area contributed by atoms with Gasteiger partial charge in [0.15, 0.2) is 5.60 Å². The number of ether oxygens (including phenoxy) is 2. The quantitative estimate of drug-likeness (QED) is 0.848. The third kappa shape index (κ3) is 2.61. The molecule has 0 aliphatic carbocycles. The molecule has 0 saturated heterocycles. The number of benzene rings is 1. The second-order valence-corrected chi connectivity index (χ2v) is 5.52. The van der Waals surface area contributed by atoms with E-state index in [0.29, 0.717) is 11.3 Å². The SMILES string of the molecule is COC(=O)c1cc2c(cc1C)OC(C)(C)C(=O)N2CC(=O)O. The summed E-state index contributed by atoms with van der Waals surface area (Å²) in [5, 5.41) is 9.03. The molecule has 1 aromatic rings. The van der Waals surface area contributed by atoms with Crippen molar-refractivity contribution in [3.63, 3.8) is 0 Å². The standard InChI is InChI=1S/C15H17NO6/c1-8-5-11-10(6-9(8)13(19)21-4)16(7-12(17)18)14(20)15(2,3)22-11/h5-6H,7H2,1-4H3,(H,17,18). The average Bonchev–Trinajstić information content (AvgIpc) is 2.42. The minimum Gasteiger partial charge on any atom is -0.480 e. The van der Waals surface area contributed by atoms with Crippen LogP contribution in [0.5, 0.6) is 5.75 Å². The van der Waals surface area contributed by atoms with Crippen LogP contribution in [0.15, 0.2) is 12.1 Å². The molecule has 22 heavy (non-hydrogen) atoms. The van der Waals surface area contributed by atoms with Crippen molar-refractivity contribution >= 4 is 23.5 Å². The number of anilines is 1. The Morgan fingerprint density at radius 3 is 2.55 bits per heavy atom. The van der Waals surface area contributed by atoms with E-state index in [1.54, 1.807) is 26.8 Å². The molecular formula is C15H17NO6. The largest absolute Gasteiger partial charge is 0.480 e. The molecule has 0 saturated carbocycles. The molecule has 7 nitrogen and oxygen atoms in total. The molecular weight excluding hydrogens is 290 g/mol. The van der Waals surface area contributed by atoms with Crippen LogP contribution < -0.4 is 9.64 Å². The third-order valence-electron chi connectivity index (χ3n) is 3.42. The van der Waals surface area contributed by atoms with E-state index in [9.17, 15) is 14.4 Å². The fraction of sp³-hybridized carbons (Fsp3) is 0.400. The monoisotopic (exact) mass is 307 g/mol. The van der Waals surface area contributed by atoms with E-state index in [1.165, 1.54) is 13.2 Å². The number of carboxylic acids is 1. The Labute approximate surface area is 127 Å². The molecule has 118 valence electrons. The fourth-order valence-electron chi connectivity index (χ4n) is 2.34. The smallest absolute Gasteiger partial charge is 0.338 e. The van der Waals surface area contributed by atoms with Gasteiger partial charge in [-0.1, -0.05) is 0 Å². The molecule has 0 spiro atoms. The number of carboxylic acid groups (broad SMARTS) is 1. The second-order valence-electron chi connectivity index (χ2n) is 5.52. The summed E-state index contributed by atoms with van der Waals surface area (Å²) in [4.78, 5) is 36.3. The Hall–Kier alpha value is -2.57. The second kappa shape index (κ2) is 5.32. The highest BCUT2D eigenvalue weighted by Crippen LogP contribution is 2.39. The lowest BCUT2D eigenvalue weighted by molar-refractivity contribution is -0.139. The summed E-state index contributed by atoms with van der Waals surface area (Å²) in [6, 6.07) is 3.03. The van der Waals surface area contributed by atoms with Crippen LogP contribution in [0.2, 0.25) is 0 Å². The molecule has 0 radical (unpaired) electrons. The maximum absolute atomic E-state index is 12.4. The van der Waals surface area contributed by atoms with Gasteiger partial charge in [0.25, 0.3) is 5.91 Å². The zero-order chi connectivity index (χ0) is 16.7. The molecule has 7 heteroatoms. The highest BCUT2D eigenvalue weighted by Gasteiger charge is 2.42. The van der Waals surface area contributed by atoms with Crippen LogP contribution in [0, 0.1) is 6.92 Å². The fourth-order valence-corrected chi connectivity index (χ4v) is 2.34. The van der Waals surface area contributed by atoms with E-state index in [2.05, 4.69) is 0 Å². The molecule has 0 aromatic heterocycles. The number of nitrogens with zero attached hydrogens (tertiary/aromatic N) is 1. The van der Waals surface area contributed by atoms with Crippen molar-refractivity contribution in [3.8, 4) is 5.75 Å². The van der Waals surface area contributed by atoms with E-state index in [4.69, 9.17) is 14.6 Å². The zero-order valence-corrected chi connectivity index (χ0v) is 12.8. The molecule has 1 aromatic carbocycles. The summed E-state index contributed by atoms with van der Waals surface area (Å²) in [6.07, 6.45) is 0. The van der Waals surface area contributed by atoms with Crippen molar-refractivity contribution < 1.29 is 29.0 Å². The number of hydrogen-bond donors (Lipinski definition) is 1. The first kappa shape index (κ1) is 15.8. The van der Waals surface area contributed by atoms with Gasteiger partial charge in [0.2, 0.25) is 0 Å². The lowest BCUT2D eigenvalue weighted by atomic mass is 10.0. The van der Waals surface area contributed by atoms with E-state index < -0.39 is 30.0 Å². The van der Waals surface area contributed by atoms with Crippen LogP contribution >= 0.6 is 0 Å². The first-order valence-electron chi connectivity index (χ1n) is 6.63. The van der Waals surface area contributed by atoms with Gasteiger partial charge in [0, 0.05) is 0 Å². The molecule has 1 amide bonds. The Balaban J connectivity index is 2.62. The van der Waals surface area contributed by atoms with Crippen molar-refractivity contribution in [2.45, 2.75) is 26.4 Å². The normalized spacial score (nSPS) is 15.8. The first-order valence-corrected chi connectivity index (χ1v) is 6.63. The Bertz CT molecular complexity index is 664. The molecule has 2 rings (SSSR count). The number of carbonyl (C=O) groups excluding carboxylic acids is 2. The van der Waals surface area contributed by atoms with Gasteiger partial charge >= 0.3 is 11.9 Å². The molecule has 1 heterocycles. The summed E-state index contributed by atoms with van der Waals surface area (Å²) >= 11 is 0. The molecule has 0 atom stereocenters. The van der Waals surface area contributed by atoms with Gasteiger partial charge < -0.3 is 14.6 Å². The molecule has 1 aliphatic rings. The number of amides is 1. The average molecular weight is 307 g/mol. The van der Waals surface area contributed by atoms with Gasteiger partial charge in [0.1, 0.15) is 12.3 Å². The summed E-state index contributed by atoms with van der Waals surface area (Å²) in [5.74, 6) is -1.84. The van der Waals surface area contributed by atoms with Crippen LogP contribution in [0.3, 0.4) is 0 Å². The Morgan fingerprint density at radius 2 is 2.00 bits per heavy atom. The van der Waals surface area contributed by atoms with Crippen molar-refractivity contribution in [2.24, 2.45) is 0 Å².